The van der Waals surface area contributed by atoms with Gasteiger partial charge in [-0.1, -0.05) is 224 Å². The van der Waals surface area contributed by atoms with E-state index in [-0.39, 0.29) is 0 Å². The van der Waals surface area contributed by atoms with Gasteiger partial charge in [-0.25, -0.2) is 39.9 Å². The molecule has 0 fully saturated rings. The first-order valence-corrected chi connectivity index (χ1v) is 47.0. The molecule has 0 N–H and O–H groups in total. The summed E-state index contributed by atoms with van der Waals surface area (Å²) in [6.07, 6.45) is 42.5. The zero-order valence-corrected chi connectivity index (χ0v) is 84.6. The Kier molecular flexibility index (Phi) is 63.5. The first kappa shape index (κ1) is 115. The standard InChI is InChI=1S/6C8H11N.2C7H10N2.C6H10N2.3C6H9NO.3C6H9NS/c1-7(2)8-3-5-9-6-4-8;2*1-7(2)8-4-3-5-9-6-8;3*1-7(2)8-5-3-4-6-9-8;1-6(2)7-3-4-8-9-5-7;1-6(2)7-8-4-3-5-9-7;1-6(2)8-4-3-7-5-8;1-5(2)6-3-8-4-7-6;1-5(2)6-3-7-4-8-6;1-5(2)6-7-3-4-8-6;1-5(2)6-3-8-4-7-6;1-5(2)6-3-7-4-8-6;1-5(2)6-7-3-4-8-6/h6*3-7H,1-2H3;2*3-6H,1-2H3;3-6H,1-2H3;6*3-5H,1-2H3. The quantitative estimate of drug-likeness (QED) is 0.0923. The monoisotopic (exact) mass is 1800 g/mol. The van der Waals surface area contributed by atoms with Gasteiger partial charge in [0.2, 0.25) is 0 Å². The van der Waals surface area contributed by atoms with Crippen molar-refractivity contribution in [1.29, 1.82) is 0 Å². The van der Waals surface area contributed by atoms with Crippen LogP contribution in [0.15, 0.2) is 288 Å². The molecule has 0 aliphatic heterocycles. The second-order valence-electron chi connectivity index (χ2n) is 33.5. The van der Waals surface area contributed by atoms with Crippen molar-refractivity contribution < 1.29 is 13.3 Å². The van der Waals surface area contributed by atoms with Crippen LogP contribution >= 0.6 is 34.0 Å². The molecule has 0 unspecified atom stereocenters. The molecule has 0 aliphatic rings. The van der Waals surface area contributed by atoms with Crippen LogP contribution in [-0.2, 0) is 0 Å². The Hall–Kier alpha value is -11.2. The molecule has 15 rings (SSSR count). The highest BCUT2D eigenvalue weighted by atomic mass is 32.1. The van der Waals surface area contributed by atoms with Gasteiger partial charge in [-0.2, -0.15) is 10.2 Å². The van der Waals surface area contributed by atoms with Gasteiger partial charge in [0.15, 0.2) is 18.7 Å². The fraction of sp³-hybridized carbons (Fsp3) is 0.433. The van der Waals surface area contributed by atoms with Gasteiger partial charge in [0, 0.05) is 162 Å². The third-order valence-electron chi connectivity index (χ3n) is 17.4. The lowest BCUT2D eigenvalue weighted by molar-refractivity contribution is 0.471. The van der Waals surface area contributed by atoms with Crippen molar-refractivity contribution in [1.82, 2.24) is 89.5 Å². The lowest BCUT2D eigenvalue weighted by Crippen LogP contribution is -1.95. The molecular weight excluding hydrogens is 1650 g/mol. The van der Waals surface area contributed by atoms with Crippen LogP contribution in [0.5, 0.6) is 0 Å². The van der Waals surface area contributed by atoms with E-state index in [1.54, 1.807) is 102 Å². The number of oxazole rings is 3. The number of hydrogen-bond donors (Lipinski definition) is 0. The maximum absolute atomic E-state index is 4.98. The third kappa shape index (κ3) is 56.8. The molecule has 0 radical (unpaired) electrons. The van der Waals surface area contributed by atoms with Gasteiger partial charge in [0.05, 0.1) is 52.3 Å². The van der Waals surface area contributed by atoms with Crippen LogP contribution in [0.1, 0.15) is 375 Å². The van der Waals surface area contributed by atoms with E-state index in [0.29, 0.717) is 88.9 Å². The van der Waals surface area contributed by atoms with Crippen LogP contribution in [0.25, 0.3) is 0 Å². The van der Waals surface area contributed by atoms with E-state index in [9.17, 15) is 0 Å². The maximum Gasteiger partial charge on any atom is 0.196 e. The lowest BCUT2D eigenvalue weighted by Gasteiger charge is -2.02. The molecule has 15 aromatic heterocycles. The smallest absolute Gasteiger partial charge is 0.196 e. The normalized spacial score (nSPS) is 10.2. The molecular formula is C104H150N18O3S3. The third-order valence-corrected chi connectivity index (χ3v) is 20.2. The van der Waals surface area contributed by atoms with Crippen molar-refractivity contribution >= 4 is 34.0 Å². The van der Waals surface area contributed by atoms with Crippen molar-refractivity contribution in [3.05, 3.63) is 352 Å². The SMILES string of the molecule is CC(C)c1ccccn1.CC(C)c1ccccn1.CC(C)c1ccccn1.CC(C)c1cccnc1.CC(C)c1cccnc1.CC(C)c1ccncc1.CC(C)c1ccnnc1.CC(C)c1cnco1.CC(C)c1cncs1.CC(C)c1cocn1.CC(C)c1cscn1.CC(C)c1ncccn1.CC(C)c1ncco1.CC(C)c1nccs1.CC(C)n1ccnc1. The molecule has 0 amide bonds. The van der Waals surface area contributed by atoms with E-state index in [1.165, 1.54) is 50.6 Å². The minimum atomic E-state index is 0.407. The molecule has 692 valence electrons. The summed E-state index contributed by atoms with van der Waals surface area (Å²) in [6.45, 7) is 63.9. The van der Waals surface area contributed by atoms with Crippen molar-refractivity contribution in [2.24, 2.45) is 0 Å². The van der Waals surface area contributed by atoms with E-state index in [2.05, 4.69) is 301 Å². The average molecular weight is 1800 g/mol. The van der Waals surface area contributed by atoms with Crippen LogP contribution in [-0.4, -0.2) is 89.5 Å². The Morgan fingerprint density at radius 3 is 1.04 bits per heavy atom. The molecule has 24 heteroatoms. The fourth-order valence-electron chi connectivity index (χ4n) is 9.24. The van der Waals surface area contributed by atoms with Gasteiger partial charge in [0.25, 0.3) is 0 Å². The van der Waals surface area contributed by atoms with Gasteiger partial charge >= 0.3 is 0 Å². The van der Waals surface area contributed by atoms with Gasteiger partial charge in [0.1, 0.15) is 24.1 Å². The highest BCUT2D eigenvalue weighted by molar-refractivity contribution is 7.10. The Morgan fingerprint density at radius 2 is 0.812 bits per heavy atom. The molecule has 0 aliphatic carbocycles. The molecule has 128 heavy (non-hydrogen) atoms. The van der Waals surface area contributed by atoms with E-state index in [0.717, 1.165) is 40.3 Å². The summed E-state index contributed by atoms with van der Waals surface area (Å²) in [5, 5.41) is 12.8. The minimum Gasteiger partial charge on any atom is -0.451 e. The highest BCUT2D eigenvalue weighted by Crippen LogP contribution is 2.21. The predicted octanol–water partition coefficient (Wildman–Crippen LogP) is 30.1. The molecule has 15 aromatic rings. The minimum absolute atomic E-state index is 0.407. The zero-order chi connectivity index (χ0) is 95.4. The highest BCUT2D eigenvalue weighted by Gasteiger charge is 2.06. The number of pyridine rings is 6. The number of aromatic nitrogens is 18. The number of hydrogen-bond acceptors (Lipinski definition) is 23. The van der Waals surface area contributed by atoms with Crippen molar-refractivity contribution in [3.63, 3.8) is 0 Å². The summed E-state index contributed by atoms with van der Waals surface area (Å²) >= 11 is 5.10. The van der Waals surface area contributed by atoms with Crippen LogP contribution in [0.4, 0.5) is 0 Å². The molecule has 0 bridgehead atoms. The topological polar surface area (TPSA) is 263 Å². The number of thiazole rings is 3. The van der Waals surface area contributed by atoms with Gasteiger partial charge in [-0.05, 0) is 168 Å². The van der Waals surface area contributed by atoms with E-state index >= 15 is 0 Å². The summed E-state index contributed by atoms with van der Waals surface area (Å²) in [6, 6.07) is 34.6. The van der Waals surface area contributed by atoms with Gasteiger partial charge < -0.3 is 17.8 Å². The van der Waals surface area contributed by atoms with E-state index in [1.807, 2.05) is 190 Å². The van der Waals surface area contributed by atoms with Crippen LogP contribution in [0, 0.1) is 0 Å². The fourth-order valence-corrected chi connectivity index (χ4v) is 11.2. The second kappa shape index (κ2) is 70.8. The molecule has 0 atom stereocenters. The number of rotatable bonds is 15. The Balaban J connectivity index is 0.000000686. The molecule has 0 aromatic carbocycles. The summed E-state index contributed by atoms with van der Waals surface area (Å²) in [5.41, 5.74) is 14.7. The van der Waals surface area contributed by atoms with E-state index < -0.39 is 0 Å². The molecule has 21 nitrogen and oxygen atoms in total. The van der Waals surface area contributed by atoms with Gasteiger partial charge in [-0.3, -0.25) is 34.9 Å². The summed E-state index contributed by atoms with van der Waals surface area (Å²) in [7, 11) is 0. The van der Waals surface area contributed by atoms with Crippen LogP contribution in [0.2, 0.25) is 0 Å². The number of nitrogens with zero attached hydrogens (tertiary/aromatic N) is 18. The van der Waals surface area contributed by atoms with Crippen LogP contribution < -0.4 is 0 Å². The number of imidazole rings is 1. The summed E-state index contributed by atoms with van der Waals surface area (Å²) in [4.78, 5) is 61.8. The lowest BCUT2D eigenvalue weighted by atomic mass is 10.1. The zero-order valence-electron chi connectivity index (χ0n) is 82.1. The first-order chi connectivity index (χ1) is 61.1. The van der Waals surface area contributed by atoms with Crippen molar-refractivity contribution in [3.8, 4) is 0 Å². The summed E-state index contributed by atoms with van der Waals surface area (Å²) in [5.74, 6) is 10.3. The first-order valence-electron chi connectivity index (χ1n) is 44.3. The van der Waals surface area contributed by atoms with Crippen molar-refractivity contribution in [2.45, 2.75) is 297 Å². The Morgan fingerprint density at radius 1 is 0.297 bits per heavy atom. The molecule has 0 saturated heterocycles. The molecule has 0 spiro atoms. The largest absolute Gasteiger partial charge is 0.451 e. The molecule has 0 saturated carbocycles. The molecule has 15 heterocycles. The van der Waals surface area contributed by atoms with Crippen LogP contribution in [0.3, 0.4) is 0 Å². The Labute approximate surface area is 780 Å². The Bertz CT molecular complexity index is 3870. The predicted molar refractivity (Wildman–Crippen MR) is 535 cm³/mol. The van der Waals surface area contributed by atoms with Crippen molar-refractivity contribution in [2.75, 3.05) is 0 Å². The van der Waals surface area contributed by atoms with Gasteiger partial charge in [-0.15, -0.1) is 34.0 Å². The maximum atomic E-state index is 4.98. The average Bonchev–Trinajstić information content (AvgIpc) is 1.62. The van der Waals surface area contributed by atoms with E-state index in [4.69, 9.17) is 13.3 Å². The second-order valence-corrected chi connectivity index (χ2v) is 36.1. The summed E-state index contributed by atoms with van der Waals surface area (Å²) < 4.78 is 16.8.